The van der Waals surface area contributed by atoms with Crippen molar-refractivity contribution in [2.75, 3.05) is 0 Å². The summed E-state index contributed by atoms with van der Waals surface area (Å²) in [6, 6.07) is 21.0. The second-order valence-electron chi connectivity index (χ2n) is 4.34. The molecule has 0 amide bonds. The Hall–Kier alpha value is -3.19. The zero-order valence-corrected chi connectivity index (χ0v) is 11.1. The van der Waals surface area contributed by atoms with Gasteiger partial charge in [-0.2, -0.15) is 10.4 Å². The molecule has 0 saturated heterocycles. The Balaban J connectivity index is 2.04. The van der Waals surface area contributed by atoms with Crippen molar-refractivity contribution in [3.63, 3.8) is 0 Å². The summed E-state index contributed by atoms with van der Waals surface area (Å²) in [5.41, 5.74) is 2.41. The first kappa shape index (κ1) is 12.8. The van der Waals surface area contributed by atoms with Gasteiger partial charge >= 0.3 is 0 Å². The highest BCUT2D eigenvalue weighted by atomic mass is 16.3. The largest absolute Gasteiger partial charge is 0.460 e. The summed E-state index contributed by atoms with van der Waals surface area (Å²) in [7, 11) is 0. The lowest BCUT2D eigenvalue weighted by molar-refractivity contribution is 0.581. The van der Waals surface area contributed by atoms with Gasteiger partial charge in [0.1, 0.15) is 23.6 Å². The Morgan fingerprint density at radius 3 is 2.19 bits per heavy atom. The standard InChI is InChI=1S/C17H11N3O/c18-11-14-12-21-17(13-7-3-1-4-8-13)16(14)20-19-15-9-5-2-6-10-15/h1-10,12H. The molecule has 0 N–H and O–H groups in total. The number of rotatable bonds is 3. The third kappa shape index (κ3) is 2.72. The molecule has 0 aliphatic carbocycles. The van der Waals surface area contributed by atoms with Crippen LogP contribution in [0.2, 0.25) is 0 Å². The van der Waals surface area contributed by atoms with Gasteiger partial charge in [-0.15, -0.1) is 5.11 Å². The average Bonchev–Trinajstić information content (AvgIpc) is 2.97. The second kappa shape index (κ2) is 5.85. The molecule has 0 bridgehead atoms. The molecule has 0 saturated carbocycles. The Kier molecular flexibility index (Phi) is 3.57. The highest BCUT2D eigenvalue weighted by Gasteiger charge is 2.15. The van der Waals surface area contributed by atoms with Crippen LogP contribution in [0.3, 0.4) is 0 Å². The predicted molar refractivity (Wildman–Crippen MR) is 79.5 cm³/mol. The van der Waals surface area contributed by atoms with E-state index in [4.69, 9.17) is 9.68 Å². The fourth-order valence-electron chi connectivity index (χ4n) is 1.93. The van der Waals surface area contributed by atoms with E-state index >= 15 is 0 Å². The second-order valence-corrected chi connectivity index (χ2v) is 4.34. The van der Waals surface area contributed by atoms with Gasteiger partial charge in [0.25, 0.3) is 0 Å². The number of furan rings is 1. The summed E-state index contributed by atoms with van der Waals surface area (Å²) in [5, 5.41) is 17.5. The average molecular weight is 273 g/mol. The predicted octanol–water partition coefficient (Wildman–Crippen LogP) is 5.23. The van der Waals surface area contributed by atoms with Gasteiger partial charge in [0.05, 0.1) is 5.69 Å². The van der Waals surface area contributed by atoms with Crippen LogP contribution in [0.25, 0.3) is 11.3 Å². The molecule has 0 fully saturated rings. The molecule has 0 radical (unpaired) electrons. The molecular weight excluding hydrogens is 262 g/mol. The van der Waals surface area contributed by atoms with E-state index in [0.29, 0.717) is 17.0 Å². The van der Waals surface area contributed by atoms with Gasteiger partial charge in [0.2, 0.25) is 0 Å². The molecule has 21 heavy (non-hydrogen) atoms. The van der Waals surface area contributed by atoms with Crippen LogP contribution in [-0.2, 0) is 0 Å². The van der Waals surface area contributed by atoms with E-state index in [1.165, 1.54) is 6.26 Å². The van der Waals surface area contributed by atoms with Crippen molar-refractivity contribution in [1.82, 2.24) is 0 Å². The molecular formula is C17H11N3O. The third-order valence-corrected chi connectivity index (χ3v) is 2.94. The summed E-state index contributed by atoms with van der Waals surface area (Å²) in [5.74, 6) is 0.548. The van der Waals surface area contributed by atoms with E-state index < -0.39 is 0 Å². The topological polar surface area (TPSA) is 61.6 Å². The minimum atomic E-state index is 0.369. The molecule has 4 heteroatoms. The highest BCUT2D eigenvalue weighted by molar-refractivity contribution is 5.75. The van der Waals surface area contributed by atoms with Crippen LogP contribution in [0.4, 0.5) is 11.4 Å². The van der Waals surface area contributed by atoms with Gasteiger partial charge in [-0.05, 0) is 12.1 Å². The maximum Gasteiger partial charge on any atom is 0.162 e. The Labute approximate surface area is 122 Å². The molecule has 2 aromatic carbocycles. The van der Waals surface area contributed by atoms with Crippen molar-refractivity contribution >= 4 is 11.4 Å². The van der Waals surface area contributed by atoms with Crippen LogP contribution in [0.1, 0.15) is 5.56 Å². The number of azo groups is 1. The molecule has 1 aromatic heterocycles. The zero-order valence-electron chi connectivity index (χ0n) is 11.1. The fourth-order valence-corrected chi connectivity index (χ4v) is 1.93. The van der Waals surface area contributed by atoms with Crippen LogP contribution in [-0.4, -0.2) is 0 Å². The van der Waals surface area contributed by atoms with Crippen LogP contribution >= 0.6 is 0 Å². The molecule has 0 atom stereocenters. The van der Waals surface area contributed by atoms with Crippen LogP contribution in [0, 0.1) is 11.3 Å². The maximum absolute atomic E-state index is 9.16. The molecule has 100 valence electrons. The lowest BCUT2D eigenvalue weighted by Crippen LogP contribution is -1.74. The molecule has 0 aliphatic rings. The van der Waals surface area contributed by atoms with Crippen molar-refractivity contribution in [2.45, 2.75) is 0 Å². The smallest absolute Gasteiger partial charge is 0.162 e. The number of hydrogen-bond acceptors (Lipinski definition) is 4. The van der Waals surface area contributed by atoms with Gasteiger partial charge in [0.15, 0.2) is 5.76 Å². The Bertz CT molecular complexity index is 799. The van der Waals surface area contributed by atoms with Gasteiger partial charge in [-0.25, -0.2) is 0 Å². The maximum atomic E-state index is 9.16. The Morgan fingerprint density at radius 2 is 1.52 bits per heavy atom. The SMILES string of the molecule is N#Cc1coc(-c2ccccc2)c1N=Nc1ccccc1. The van der Waals surface area contributed by atoms with Gasteiger partial charge in [-0.3, -0.25) is 0 Å². The summed E-state index contributed by atoms with van der Waals surface area (Å²) >= 11 is 0. The fraction of sp³-hybridized carbons (Fsp3) is 0. The van der Waals surface area contributed by atoms with E-state index in [1.807, 2.05) is 60.7 Å². The van der Waals surface area contributed by atoms with E-state index in [-0.39, 0.29) is 0 Å². The van der Waals surface area contributed by atoms with Crippen LogP contribution in [0.15, 0.2) is 81.6 Å². The first-order valence-electron chi connectivity index (χ1n) is 6.42. The van der Waals surface area contributed by atoms with Crippen LogP contribution < -0.4 is 0 Å². The minimum absolute atomic E-state index is 0.369. The van der Waals surface area contributed by atoms with Gasteiger partial charge in [0, 0.05) is 5.56 Å². The zero-order chi connectivity index (χ0) is 14.5. The van der Waals surface area contributed by atoms with Crippen molar-refractivity contribution < 1.29 is 4.42 Å². The molecule has 0 spiro atoms. The van der Waals surface area contributed by atoms with E-state index in [9.17, 15) is 0 Å². The monoisotopic (exact) mass is 273 g/mol. The number of nitriles is 1. The van der Waals surface area contributed by atoms with Crippen molar-refractivity contribution in [2.24, 2.45) is 10.2 Å². The summed E-state index contributed by atoms with van der Waals surface area (Å²) in [6.07, 6.45) is 1.40. The molecule has 3 rings (SSSR count). The molecule has 0 aliphatic heterocycles. The van der Waals surface area contributed by atoms with Crippen LogP contribution in [0.5, 0.6) is 0 Å². The van der Waals surface area contributed by atoms with Crippen molar-refractivity contribution in [1.29, 1.82) is 5.26 Å². The molecule has 3 aromatic rings. The van der Waals surface area contributed by atoms with E-state index in [1.54, 1.807) is 0 Å². The molecule has 0 unspecified atom stereocenters. The first-order valence-corrected chi connectivity index (χ1v) is 6.42. The highest BCUT2D eigenvalue weighted by Crippen LogP contribution is 2.35. The number of hydrogen-bond donors (Lipinski definition) is 0. The minimum Gasteiger partial charge on any atom is -0.460 e. The Morgan fingerprint density at radius 1 is 0.857 bits per heavy atom. The van der Waals surface area contributed by atoms with Crippen molar-refractivity contribution in [3.8, 4) is 17.4 Å². The van der Waals surface area contributed by atoms with Crippen molar-refractivity contribution in [3.05, 3.63) is 72.5 Å². The summed E-state index contributed by atoms with van der Waals surface area (Å²) in [6.45, 7) is 0. The molecule has 1 heterocycles. The quantitative estimate of drug-likeness (QED) is 0.613. The molecule has 4 nitrogen and oxygen atoms in total. The first-order chi connectivity index (χ1) is 10.4. The summed E-state index contributed by atoms with van der Waals surface area (Å²) < 4.78 is 5.48. The van der Waals surface area contributed by atoms with E-state index in [2.05, 4.69) is 16.3 Å². The summed E-state index contributed by atoms with van der Waals surface area (Å²) in [4.78, 5) is 0. The van der Waals surface area contributed by atoms with Gasteiger partial charge in [-0.1, -0.05) is 48.5 Å². The number of benzene rings is 2. The number of nitrogens with zero attached hydrogens (tertiary/aromatic N) is 3. The lowest BCUT2D eigenvalue weighted by atomic mass is 10.1. The van der Waals surface area contributed by atoms with Gasteiger partial charge < -0.3 is 4.42 Å². The normalized spacial score (nSPS) is 10.6. The lowest BCUT2D eigenvalue weighted by Gasteiger charge is -1.97. The van der Waals surface area contributed by atoms with E-state index in [0.717, 1.165) is 11.3 Å². The third-order valence-electron chi connectivity index (χ3n) is 2.94.